The van der Waals surface area contributed by atoms with E-state index in [1.807, 2.05) is 12.1 Å². The summed E-state index contributed by atoms with van der Waals surface area (Å²) in [4.78, 5) is 4.55. The maximum Gasteiger partial charge on any atom is 0.216 e. The summed E-state index contributed by atoms with van der Waals surface area (Å²) in [5.41, 5.74) is 0. The van der Waals surface area contributed by atoms with E-state index in [0.29, 0.717) is 11.7 Å². The number of nitrogens with zero attached hydrogens (tertiary/aromatic N) is 2. The van der Waals surface area contributed by atoms with Crippen LogP contribution in [0.5, 0.6) is 0 Å². The van der Waals surface area contributed by atoms with Crippen LogP contribution in [-0.4, -0.2) is 15.2 Å². The van der Waals surface area contributed by atoms with Gasteiger partial charge in [0.2, 0.25) is 5.82 Å². The van der Waals surface area contributed by atoms with Crippen molar-refractivity contribution in [3.63, 3.8) is 0 Å². The van der Waals surface area contributed by atoms with Crippen molar-refractivity contribution in [3.8, 4) is 11.6 Å². The van der Waals surface area contributed by atoms with Gasteiger partial charge in [-0.05, 0) is 25.0 Å². The summed E-state index contributed by atoms with van der Waals surface area (Å²) in [6.07, 6.45) is 5.97. The fourth-order valence-corrected chi connectivity index (χ4v) is 2.45. The standard InChI is InChI=1S/C13H17N3O/c1-2-10-7-8-11(17-10)13-14-12(15-16-13)9-5-3-4-6-9/h7-9H,2-6H2,1H3,(H,14,15,16). The SMILES string of the molecule is CCc1ccc(-c2n[nH]c(C3CCCC3)n2)o1. The maximum absolute atomic E-state index is 5.65. The van der Waals surface area contributed by atoms with Gasteiger partial charge in [0.15, 0.2) is 5.76 Å². The normalized spacial score (nSPS) is 16.8. The van der Waals surface area contributed by atoms with Crippen LogP contribution in [0, 0.1) is 0 Å². The molecule has 0 spiro atoms. The Morgan fingerprint density at radius 3 is 2.88 bits per heavy atom. The fourth-order valence-electron chi connectivity index (χ4n) is 2.45. The van der Waals surface area contributed by atoms with E-state index in [9.17, 15) is 0 Å². The van der Waals surface area contributed by atoms with Crippen molar-refractivity contribution in [3.05, 3.63) is 23.7 Å². The number of hydrogen-bond acceptors (Lipinski definition) is 3. The van der Waals surface area contributed by atoms with Gasteiger partial charge in [-0.3, -0.25) is 5.10 Å². The summed E-state index contributed by atoms with van der Waals surface area (Å²) in [6, 6.07) is 3.93. The highest BCUT2D eigenvalue weighted by molar-refractivity contribution is 5.46. The molecule has 2 aromatic rings. The van der Waals surface area contributed by atoms with Crippen LogP contribution in [0.15, 0.2) is 16.5 Å². The molecule has 0 atom stereocenters. The molecular weight excluding hydrogens is 214 g/mol. The van der Waals surface area contributed by atoms with Crippen LogP contribution in [0.4, 0.5) is 0 Å². The first kappa shape index (κ1) is 10.6. The molecule has 90 valence electrons. The maximum atomic E-state index is 5.65. The Kier molecular flexibility index (Phi) is 2.71. The summed E-state index contributed by atoms with van der Waals surface area (Å²) >= 11 is 0. The number of rotatable bonds is 3. The molecule has 1 N–H and O–H groups in total. The third-order valence-electron chi connectivity index (χ3n) is 3.48. The summed E-state index contributed by atoms with van der Waals surface area (Å²) in [5.74, 6) is 4.02. The Balaban J connectivity index is 1.83. The van der Waals surface area contributed by atoms with E-state index in [1.165, 1.54) is 25.7 Å². The van der Waals surface area contributed by atoms with E-state index >= 15 is 0 Å². The lowest BCUT2D eigenvalue weighted by molar-refractivity contribution is 0.525. The van der Waals surface area contributed by atoms with Gasteiger partial charge in [0.05, 0.1) is 0 Å². The lowest BCUT2D eigenvalue weighted by atomic mass is 10.1. The van der Waals surface area contributed by atoms with Crippen LogP contribution in [0.3, 0.4) is 0 Å². The molecule has 3 rings (SSSR count). The zero-order valence-corrected chi connectivity index (χ0v) is 10.1. The van der Waals surface area contributed by atoms with E-state index in [0.717, 1.165) is 23.8 Å². The monoisotopic (exact) mass is 231 g/mol. The minimum absolute atomic E-state index is 0.567. The molecule has 1 fully saturated rings. The molecule has 2 heterocycles. The first-order valence-electron chi connectivity index (χ1n) is 6.38. The molecular formula is C13H17N3O. The predicted octanol–water partition coefficient (Wildman–Crippen LogP) is 3.28. The van der Waals surface area contributed by atoms with Gasteiger partial charge in [0.1, 0.15) is 11.6 Å². The molecule has 1 aliphatic rings. The smallest absolute Gasteiger partial charge is 0.216 e. The van der Waals surface area contributed by atoms with Crippen molar-refractivity contribution in [2.24, 2.45) is 0 Å². The first-order chi connectivity index (χ1) is 8.36. The van der Waals surface area contributed by atoms with Crippen molar-refractivity contribution in [2.75, 3.05) is 0 Å². The van der Waals surface area contributed by atoms with Gasteiger partial charge < -0.3 is 4.42 Å². The highest BCUT2D eigenvalue weighted by Gasteiger charge is 2.21. The topological polar surface area (TPSA) is 54.7 Å². The second kappa shape index (κ2) is 4.35. The summed E-state index contributed by atoms with van der Waals surface area (Å²) < 4.78 is 5.65. The number of nitrogens with one attached hydrogen (secondary N) is 1. The number of H-pyrrole nitrogens is 1. The molecule has 0 amide bonds. The molecule has 0 unspecified atom stereocenters. The number of aryl methyl sites for hydroxylation is 1. The molecule has 4 heteroatoms. The first-order valence-corrected chi connectivity index (χ1v) is 6.38. The summed E-state index contributed by atoms with van der Waals surface area (Å²) in [5, 5.41) is 7.30. The van der Waals surface area contributed by atoms with Gasteiger partial charge in [-0.25, -0.2) is 4.98 Å². The summed E-state index contributed by atoms with van der Waals surface area (Å²) in [7, 11) is 0. The lowest BCUT2D eigenvalue weighted by Gasteiger charge is -2.01. The number of aromatic amines is 1. The zero-order valence-electron chi connectivity index (χ0n) is 10.1. The average Bonchev–Trinajstić information content (AvgIpc) is 3.09. The van der Waals surface area contributed by atoms with E-state index in [-0.39, 0.29) is 0 Å². The molecule has 0 radical (unpaired) electrons. The van der Waals surface area contributed by atoms with Gasteiger partial charge in [0.25, 0.3) is 0 Å². The molecule has 0 bridgehead atoms. The largest absolute Gasteiger partial charge is 0.458 e. The quantitative estimate of drug-likeness (QED) is 0.881. The third-order valence-corrected chi connectivity index (χ3v) is 3.48. The predicted molar refractivity (Wildman–Crippen MR) is 64.7 cm³/mol. The average molecular weight is 231 g/mol. The van der Waals surface area contributed by atoms with Crippen molar-refractivity contribution in [2.45, 2.75) is 44.9 Å². The number of furan rings is 1. The summed E-state index contributed by atoms with van der Waals surface area (Å²) in [6.45, 7) is 2.07. The van der Waals surface area contributed by atoms with E-state index in [2.05, 4.69) is 22.1 Å². The Hall–Kier alpha value is -1.58. The van der Waals surface area contributed by atoms with Crippen LogP contribution >= 0.6 is 0 Å². The molecule has 1 aliphatic carbocycles. The van der Waals surface area contributed by atoms with E-state index in [4.69, 9.17) is 4.42 Å². The number of aromatic nitrogens is 3. The molecule has 0 aliphatic heterocycles. The van der Waals surface area contributed by atoms with Crippen LogP contribution in [0.25, 0.3) is 11.6 Å². The fraction of sp³-hybridized carbons (Fsp3) is 0.538. The highest BCUT2D eigenvalue weighted by atomic mass is 16.3. The van der Waals surface area contributed by atoms with Crippen LogP contribution in [0.1, 0.15) is 50.1 Å². The van der Waals surface area contributed by atoms with Gasteiger partial charge in [-0.1, -0.05) is 19.8 Å². The Bertz CT molecular complexity index is 494. The van der Waals surface area contributed by atoms with Crippen molar-refractivity contribution in [1.82, 2.24) is 15.2 Å². The van der Waals surface area contributed by atoms with Crippen LogP contribution < -0.4 is 0 Å². The molecule has 2 aromatic heterocycles. The minimum Gasteiger partial charge on any atom is -0.458 e. The zero-order chi connectivity index (χ0) is 11.7. The molecule has 0 aromatic carbocycles. The molecule has 4 nitrogen and oxygen atoms in total. The minimum atomic E-state index is 0.567. The van der Waals surface area contributed by atoms with Crippen molar-refractivity contribution >= 4 is 0 Å². The van der Waals surface area contributed by atoms with Gasteiger partial charge in [-0.15, -0.1) is 0 Å². The van der Waals surface area contributed by atoms with Crippen molar-refractivity contribution < 1.29 is 4.42 Å². The lowest BCUT2D eigenvalue weighted by Crippen LogP contribution is -1.94. The Morgan fingerprint density at radius 2 is 2.18 bits per heavy atom. The van der Waals surface area contributed by atoms with Gasteiger partial charge in [0, 0.05) is 12.3 Å². The highest BCUT2D eigenvalue weighted by Crippen LogP contribution is 2.32. The third kappa shape index (κ3) is 1.99. The molecule has 17 heavy (non-hydrogen) atoms. The van der Waals surface area contributed by atoms with Crippen LogP contribution in [0.2, 0.25) is 0 Å². The number of hydrogen-bond donors (Lipinski definition) is 1. The molecule has 1 saturated carbocycles. The second-order valence-corrected chi connectivity index (χ2v) is 4.65. The van der Waals surface area contributed by atoms with Crippen LogP contribution in [-0.2, 0) is 6.42 Å². The Morgan fingerprint density at radius 1 is 1.35 bits per heavy atom. The van der Waals surface area contributed by atoms with Crippen molar-refractivity contribution in [1.29, 1.82) is 0 Å². The van der Waals surface area contributed by atoms with Gasteiger partial charge in [-0.2, -0.15) is 5.10 Å². The van der Waals surface area contributed by atoms with Gasteiger partial charge >= 0.3 is 0 Å². The Labute approximate surface area is 100 Å². The van der Waals surface area contributed by atoms with E-state index < -0.39 is 0 Å². The van der Waals surface area contributed by atoms with E-state index in [1.54, 1.807) is 0 Å². The second-order valence-electron chi connectivity index (χ2n) is 4.65. The molecule has 0 saturated heterocycles.